The van der Waals surface area contributed by atoms with Crippen LogP contribution in [0.15, 0.2) is 99.6 Å². The molecule has 0 aliphatic heterocycles. The maximum Gasteiger partial charge on any atom is 0.345 e. The molecule has 0 saturated heterocycles. The van der Waals surface area contributed by atoms with Gasteiger partial charge in [-0.15, -0.1) is 0 Å². The molecular weight excluding hydrogens is 404 g/mol. The molecule has 0 fully saturated rings. The molecule has 0 saturated carbocycles. The zero-order chi connectivity index (χ0) is 22.1. The fourth-order valence-corrected chi connectivity index (χ4v) is 5.06. The molecule has 0 amide bonds. The molecule has 158 valence electrons. The summed E-state index contributed by atoms with van der Waals surface area (Å²) in [6.07, 6.45) is 0.720. The molecule has 4 heteroatoms. The molecule has 0 N–H and O–H groups in total. The third-order valence-corrected chi connectivity index (χ3v) is 6.54. The Bertz CT molecular complexity index is 993. The molecule has 3 nitrogen and oxygen atoms in total. The predicted octanol–water partition coefficient (Wildman–Crippen LogP) is 5.90. The number of hydrogen-bond acceptors (Lipinski definition) is 3. The normalized spacial score (nSPS) is 10.8. The van der Waals surface area contributed by atoms with Crippen LogP contribution in [0.25, 0.3) is 0 Å². The molecule has 0 spiro atoms. The van der Waals surface area contributed by atoms with E-state index in [4.69, 9.17) is 9.47 Å². The van der Waals surface area contributed by atoms with Gasteiger partial charge in [0.05, 0.1) is 10.9 Å². The van der Waals surface area contributed by atoms with Gasteiger partial charge in [0.15, 0.2) is 26.9 Å². The monoisotopic (exact) mass is 431 g/mol. The molecule has 0 aliphatic rings. The summed E-state index contributed by atoms with van der Waals surface area (Å²) in [5.41, 5.74) is -0.819. The number of rotatable bonds is 7. The number of carbonyl (C=O) groups is 1. The highest BCUT2D eigenvalue weighted by Crippen LogP contribution is 2.31. The second-order valence-corrected chi connectivity index (χ2v) is 9.36. The highest BCUT2D eigenvalue weighted by Gasteiger charge is 2.28. The second kappa shape index (κ2) is 10.7. The van der Waals surface area contributed by atoms with Crippen molar-refractivity contribution in [2.24, 2.45) is 0 Å². The molecule has 31 heavy (non-hydrogen) atoms. The van der Waals surface area contributed by atoms with Crippen molar-refractivity contribution in [2.75, 3.05) is 6.61 Å². The highest BCUT2D eigenvalue weighted by molar-refractivity contribution is 7.97. The molecular formula is C27H27O3S+. The van der Waals surface area contributed by atoms with Gasteiger partial charge in [-0.3, -0.25) is 0 Å². The molecule has 0 aromatic heterocycles. The van der Waals surface area contributed by atoms with Crippen LogP contribution in [0.1, 0.15) is 27.2 Å². The number of benzene rings is 3. The summed E-state index contributed by atoms with van der Waals surface area (Å²) in [4.78, 5) is 15.8. The van der Waals surface area contributed by atoms with Crippen LogP contribution in [-0.4, -0.2) is 18.2 Å². The van der Waals surface area contributed by atoms with Crippen LogP contribution in [-0.2, 0) is 20.4 Å². The first-order chi connectivity index (χ1) is 15.0. The summed E-state index contributed by atoms with van der Waals surface area (Å²) in [6.45, 7) is 5.35. The Labute approximate surface area is 187 Å². The van der Waals surface area contributed by atoms with E-state index in [2.05, 4.69) is 72.5 Å². The molecule has 3 aromatic carbocycles. The molecule has 0 atom stereocenters. The lowest BCUT2D eigenvalue weighted by atomic mass is 10.1. The quantitative estimate of drug-likeness (QED) is 0.266. The first kappa shape index (κ1) is 22.5. The largest absolute Gasteiger partial charge is 0.482 e. The van der Waals surface area contributed by atoms with Gasteiger partial charge in [-0.1, -0.05) is 55.2 Å². The minimum Gasteiger partial charge on any atom is -0.482 e. The number of ether oxygens (including phenoxy) is 2. The van der Waals surface area contributed by atoms with Gasteiger partial charge in [0, 0.05) is 6.42 Å². The lowest BCUT2D eigenvalue weighted by Gasteiger charge is -2.18. The van der Waals surface area contributed by atoms with Crippen LogP contribution in [0.4, 0.5) is 0 Å². The maximum absolute atomic E-state index is 12.1. The van der Waals surface area contributed by atoms with E-state index in [1.165, 1.54) is 14.7 Å². The van der Waals surface area contributed by atoms with Gasteiger partial charge in [-0.2, -0.15) is 0 Å². The lowest BCUT2D eigenvalue weighted by Crippen LogP contribution is -2.29. The first-order valence-corrected chi connectivity index (χ1v) is 11.5. The Morgan fingerprint density at radius 3 is 1.87 bits per heavy atom. The highest BCUT2D eigenvalue weighted by atomic mass is 32.2. The predicted molar refractivity (Wildman–Crippen MR) is 125 cm³/mol. The van der Waals surface area contributed by atoms with E-state index < -0.39 is 11.6 Å². The Kier molecular flexibility index (Phi) is 7.81. The molecule has 0 unspecified atom stereocenters. The third-order valence-electron chi connectivity index (χ3n) is 4.31. The van der Waals surface area contributed by atoms with Crippen molar-refractivity contribution in [3.05, 3.63) is 84.9 Å². The number of esters is 1. The van der Waals surface area contributed by atoms with Crippen LogP contribution in [0.5, 0.6) is 5.75 Å². The van der Waals surface area contributed by atoms with Gasteiger partial charge in [-0.25, -0.2) is 4.79 Å². The van der Waals surface area contributed by atoms with Crippen LogP contribution in [0.2, 0.25) is 0 Å². The second-order valence-electron chi connectivity index (χ2n) is 7.33. The zero-order valence-electron chi connectivity index (χ0n) is 18.1. The summed E-state index contributed by atoms with van der Waals surface area (Å²) in [5.74, 6) is 6.08. The summed E-state index contributed by atoms with van der Waals surface area (Å²) >= 11 is 0. The molecule has 0 radical (unpaired) electrons. The van der Waals surface area contributed by atoms with E-state index in [0.717, 1.165) is 6.42 Å². The van der Waals surface area contributed by atoms with Crippen molar-refractivity contribution in [2.45, 2.75) is 47.5 Å². The van der Waals surface area contributed by atoms with E-state index in [-0.39, 0.29) is 17.5 Å². The molecule has 0 bridgehead atoms. The van der Waals surface area contributed by atoms with Gasteiger partial charge >= 0.3 is 5.97 Å². The summed E-state index contributed by atoms with van der Waals surface area (Å²) in [7, 11) is -0.215. The topological polar surface area (TPSA) is 35.5 Å². The smallest absolute Gasteiger partial charge is 0.345 e. The van der Waals surface area contributed by atoms with Crippen LogP contribution in [0.3, 0.4) is 0 Å². The maximum atomic E-state index is 12.1. The Morgan fingerprint density at radius 1 is 0.839 bits per heavy atom. The van der Waals surface area contributed by atoms with E-state index in [0.29, 0.717) is 5.75 Å². The third kappa shape index (κ3) is 6.67. The van der Waals surface area contributed by atoms with Crippen LogP contribution >= 0.6 is 0 Å². The minimum atomic E-state index is -0.819. The van der Waals surface area contributed by atoms with Crippen LogP contribution in [0, 0.1) is 11.8 Å². The minimum absolute atomic E-state index is 0.153. The van der Waals surface area contributed by atoms with Crippen molar-refractivity contribution in [3.8, 4) is 17.6 Å². The molecule has 3 aromatic rings. The van der Waals surface area contributed by atoms with E-state index in [1.807, 2.05) is 31.2 Å². The molecule has 3 rings (SSSR count). The fourth-order valence-electron chi connectivity index (χ4n) is 2.98. The van der Waals surface area contributed by atoms with Crippen molar-refractivity contribution >= 4 is 16.9 Å². The van der Waals surface area contributed by atoms with Gasteiger partial charge < -0.3 is 9.47 Å². The SMILES string of the molecule is CCC#CC(C)(C)OC(=O)COc1ccc([S+](c2ccccc2)c2ccccc2)cc1. The van der Waals surface area contributed by atoms with Crippen LogP contribution < -0.4 is 4.74 Å². The van der Waals surface area contributed by atoms with Gasteiger partial charge in [-0.05, 0) is 62.4 Å². The van der Waals surface area contributed by atoms with Gasteiger partial charge in [0.1, 0.15) is 5.75 Å². The van der Waals surface area contributed by atoms with Crippen molar-refractivity contribution in [1.82, 2.24) is 0 Å². The van der Waals surface area contributed by atoms with Crippen molar-refractivity contribution in [3.63, 3.8) is 0 Å². The average Bonchev–Trinajstić information content (AvgIpc) is 2.79. The van der Waals surface area contributed by atoms with E-state index >= 15 is 0 Å². The van der Waals surface area contributed by atoms with E-state index in [1.54, 1.807) is 13.8 Å². The van der Waals surface area contributed by atoms with Crippen molar-refractivity contribution in [1.29, 1.82) is 0 Å². The lowest BCUT2D eigenvalue weighted by molar-refractivity contribution is -0.154. The van der Waals surface area contributed by atoms with Gasteiger partial charge in [0.2, 0.25) is 0 Å². The Hall–Kier alpha value is -3.16. The van der Waals surface area contributed by atoms with Gasteiger partial charge in [0.25, 0.3) is 0 Å². The van der Waals surface area contributed by atoms with E-state index in [9.17, 15) is 4.79 Å². The van der Waals surface area contributed by atoms with Crippen molar-refractivity contribution < 1.29 is 14.3 Å². The Balaban J connectivity index is 1.70. The number of hydrogen-bond donors (Lipinski definition) is 0. The Morgan fingerprint density at radius 2 is 1.35 bits per heavy atom. The summed E-state index contributed by atoms with van der Waals surface area (Å²) < 4.78 is 11.0. The first-order valence-electron chi connectivity index (χ1n) is 10.3. The molecule has 0 heterocycles. The standard InChI is InChI=1S/C27H27O3S/c1-4-5-20-27(2,3)30-26(28)21-29-22-16-18-25(19-17-22)31(23-12-8-6-9-13-23)24-14-10-7-11-15-24/h6-19H,4,21H2,1-3H3/q+1. The fraction of sp³-hybridized carbons (Fsp3) is 0.222. The summed E-state index contributed by atoms with van der Waals surface area (Å²) in [6, 6.07) is 28.8. The average molecular weight is 432 g/mol. The summed E-state index contributed by atoms with van der Waals surface area (Å²) in [5, 5.41) is 0. The molecule has 0 aliphatic carbocycles. The number of carbonyl (C=O) groups excluding carboxylic acids is 1. The zero-order valence-corrected chi connectivity index (χ0v) is 18.9.